The SMILES string of the molecule is CCCCN1CCCN(c2ccc3c4c(cccc24)C(=O)C3(CC)CC)CC1. The summed E-state index contributed by atoms with van der Waals surface area (Å²) in [6.07, 6.45) is 5.52. The number of ketones is 1. The lowest BCUT2D eigenvalue weighted by atomic mass is 9.75. The van der Waals surface area contributed by atoms with Crippen LogP contribution < -0.4 is 4.90 Å². The fourth-order valence-corrected chi connectivity index (χ4v) is 5.40. The van der Waals surface area contributed by atoms with E-state index in [9.17, 15) is 4.79 Å². The van der Waals surface area contributed by atoms with Crippen LogP contribution in [-0.2, 0) is 5.41 Å². The van der Waals surface area contributed by atoms with E-state index in [1.54, 1.807) is 0 Å². The van der Waals surface area contributed by atoms with Gasteiger partial charge in [0, 0.05) is 36.3 Å². The predicted octanol–water partition coefficient (Wildman–Crippen LogP) is 5.41. The number of hydrogen-bond donors (Lipinski definition) is 0. The van der Waals surface area contributed by atoms with E-state index in [0.29, 0.717) is 5.78 Å². The Morgan fingerprint density at radius 2 is 1.79 bits per heavy atom. The Kier molecular flexibility index (Phi) is 5.46. The van der Waals surface area contributed by atoms with Crippen molar-refractivity contribution >= 4 is 22.2 Å². The van der Waals surface area contributed by atoms with Crippen LogP contribution in [-0.4, -0.2) is 43.4 Å². The average Bonchev–Trinajstić information content (AvgIpc) is 2.87. The molecule has 28 heavy (non-hydrogen) atoms. The first kappa shape index (κ1) is 19.4. The van der Waals surface area contributed by atoms with Crippen molar-refractivity contribution in [1.82, 2.24) is 4.90 Å². The summed E-state index contributed by atoms with van der Waals surface area (Å²) in [5.74, 6) is 0.330. The predicted molar refractivity (Wildman–Crippen MR) is 119 cm³/mol. The van der Waals surface area contributed by atoms with E-state index in [4.69, 9.17) is 0 Å². The molecular formula is C25H34N2O. The lowest BCUT2D eigenvalue weighted by Crippen LogP contribution is -2.31. The van der Waals surface area contributed by atoms with Gasteiger partial charge >= 0.3 is 0 Å². The first-order valence-corrected chi connectivity index (χ1v) is 11.2. The number of carbonyl (C=O) groups is 1. The van der Waals surface area contributed by atoms with Gasteiger partial charge < -0.3 is 9.80 Å². The Labute approximate surface area is 169 Å². The van der Waals surface area contributed by atoms with E-state index < -0.39 is 0 Å². The van der Waals surface area contributed by atoms with Crippen LogP contribution in [0.1, 0.15) is 68.8 Å². The number of unbranched alkanes of at least 4 members (excludes halogenated alkanes) is 1. The van der Waals surface area contributed by atoms with Crippen LogP contribution in [0.5, 0.6) is 0 Å². The minimum Gasteiger partial charge on any atom is -0.370 e. The molecule has 1 aliphatic carbocycles. The van der Waals surface area contributed by atoms with Gasteiger partial charge in [-0.25, -0.2) is 0 Å². The molecule has 0 amide bonds. The molecular weight excluding hydrogens is 344 g/mol. The Balaban J connectivity index is 1.72. The first-order chi connectivity index (χ1) is 13.7. The van der Waals surface area contributed by atoms with Crippen molar-refractivity contribution in [1.29, 1.82) is 0 Å². The van der Waals surface area contributed by atoms with Gasteiger partial charge in [0.1, 0.15) is 0 Å². The summed E-state index contributed by atoms with van der Waals surface area (Å²) in [5, 5.41) is 2.50. The van der Waals surface area contributed by atoms with Crippen molar-refractivity contribution in [3.8, 4) is 0 Å². The van der Waals surface area contributed by atoms with E-state index in [2.05, 4.69) is 54.8 Å². The average molecular weight is 379 g/mol. The van der Waals surface area contributed by atoms with Crippen LogP contribution >= 0.6 is 0 Å². The van der Waals surface area contributed by atoms with E-state index in [0.717, 1.165) is 38.0 Å². The van der Waals surface area contributed by atoms with Crippen LogP contribution in [0.3, 0.4) is 0 Å². The molecule has 0 aromatic heterocycles. The van der Waals surface area contributed by atoms with Crippen molar-refractivity contribution in [3.05, 3.63) is 41.5 Å². The van der Waals surface area contributed by atoms with Gasteiger partial charge in [0.2, 0.25) is 0 Å². The molecule has 4 rings (SSSR count). The molecule has 0 unspecified atom stereocenters. The topological polar surface area (TPSA) is 23.6 Å². The van der Waals surface area contributed by atoms with Crippen molar-refractivity contribution < 1.29 is 4.79 Å². The van der Waals surface area contributed by atoms with Crippen LogP contribution in [0.15, 0.2) is 30.3 Å². The van der Waals surface area contributed by atoms with Crippen molar-refractivity contribution in [3.63, 3.8) is 0 Å². The highest BCUT2D eigenvalue weighted by atomic mass is 16.1. The molecule has 3 heteroatoms. The highest BCUT2D eigenvalue weighted by molar-refractivity contribution is 6.22. The third-order valence-electron chi connectivity index (χ3n) is 7.18. The van der Waals surface area contributed by atoms with E-state index in [-0.39, 0.29) is 5.41 Å². The van der Waals surface area contributed by atoms with Crippen molar-refractivity contribution in [2.24, 2.45) is 0 Å². The maximum Gasteiger partial charge on any atom is 0.174 e. The van der Waals surface area contributed by atoms with Crippen molar-refractivity contribution in [2.45, 2.75) is 58.3 Å². The van der Waals surface area contributed by atoms with E-state index in [1.165, 1.54) is 54.4 Å². The first-order valence-electron chi connectivity index (χ1n) is 11.2. The summed E-state index contributed by atoms with van der Waals surface area (Å²) in [6, 6.07) is 10.9. The largest absolute Gasteiger partial charge is 0.370 e. The molecule has 150 valence electrons. The molecule has 2 aromatic rings. The van der Waals surface area contributed by atoms with Gasteiger partial charge in [-0.2, -0.15) is 0 Å². The Morgan fingerprint density at radius 1 is 0.964 bits per heavy atom. The van der Waals surface area contributed by atoms with Crippen LogP contribution in [0.4, 0.5) is 5.69 Å². The minimum absolute atomic E-state index is 0.323. The normalized spacial score (nSPS) is 19.4. The maximum absolute atomic E-state index is 13.3. The zero-order chi connectivity index (χ0) is 19.7. The number of nitrogens with zero attached hydrogens (tertiary/aromatic N) is 2. The molecule has 0 spiro atoms. The molecule has 1 aliphatic heterocycles. The third kappa shape index (κ3) is 2.95. The molecule has 2 aliphatic rings. The number of Topliss-reactive ketones (excluding diaryl/α,β-unsaturated/α-hetero) is 1. The summed E-state index contributed by atoms with van der Waals surface area (Å²) < 4.78 is 0. The molecule has 1 fully saturated rings. The van der Waals surface area contributed by atoms with Gasteiger partial charge in [0.25, 0.3) is 0 Å². The number of rotatable bonds is 6. The van der Waals surface area contributed by atoms with E-state index in [1.807, 2.05) is 6.07 Å². The quantitative estimate of drug-likeness (QED) is 0.672. The van der Waals surface area contributed by atoms with Gasteiger partial charge in [-0.05, 0) is 55.8 Å². The van der Waals surface area contributed by atoms with Crippen LogP contribution in [0.25, 0.3) is 10.8 Å². The van der Waals surface area contributed by atoms with Crippen LogP contribution in [0, 0.1) is 0 Å². The van der Waals surface area contributed by atoms with Gasteiger partial charge in [0.15, 0.2) is 5.78 Å². The molecule has 0 atom stereocenters. The summed E-state index contributed by atoms with van der Waals surface area (Å²) in [4.78, 5) is 18.5. The Morgan fingerprint density at radius 3 is 2.54 bits per heavy atom. The molecule has 1 heterocycles. The third-order valence-corrected chi connectivity index (χ3v) is 7.18. The molecule has 0 N–H and O–H groups in total. The molecule has 0 radical (unpaired) electrons. The summed E-state index contributed by atoms with van der Waals surface area (Å²) >= 11 is 0. The zero-order valence-corrected chi connectivity index (χ0v) is 17.8. The molecule has 2 aromatic carbocycles. The Hall–Kier alpha value is -1.87. The Bertz CT molecular complexity index is 868. The summed E-state index contributed by atoms with van der Waals surface area (Å²) in [7, 11) is 0. The molecule has 0 saturated carbocycles. The van der Waals surface area contributed by atoms with Crippen LogP contribution in [0.2, 0.25) is 0 Å². The van der Waals surface area contributed by atoms with Gasteiger partial charge in [-0.1, -0.05) is 51.5 Å². The standard InChI is InChI=1S/C25H34N2O/c1-4-7-14-26-15-9-16-27(18-17-26)22-13-12-21-23-19(22)10-8-11-20(23)24(28)25(21,5-2)6-3/h8,10-13H,4-7,9,14-18H2,1-3H3. The molecule has 1 saturated heterocycles. The highest BCUT2D eigenvalue weighted by Crippen LogP contribution is 2.48. The van der Waals surface area contributed by atoms with Gasteiger partial charge in [0.05, 0.1) is 5.41 Å². The summed E-state index contributed by atoms with van der Waals surface area (Å²) in [5.41, 5.74) is 3.19. The second-order valence-corrected chi connectivity index (χ2v) is 8.51. The fourth-order valence-electron chi connectivity index (χ4n) is 5.40. The number of carbonyl (C=O) groups excluding carboxylic acids is 1. The van der Waals surface area contributed by atoms with Gasteiger partial charge in [-0.15, -0.1) is 0 Å². The lowest BCUT2D eigenvalue weighted by Gasteiger charge is -2.28. The molecule has 0 bridgehead atoms. The minimum atomic E-state index is -0.323. The van der Waals surface area contributed by atoms with Gasteiger partial charge in [-0.3, -0.25) is 4.79 Å². The van der Waals surface area contributed by atoms with E-state index >= 15 is 0 Å². The second kappa shape index (κ2) is 7.87. The summed E-state index contributed by atoms with van der Waals surface area (Å²) in [6.45, 7) is 12.3. The number of benzene rings is 2. The smallest absolute Gasteiger partial charge is 0.174 e. The fraction of sp³-hybridized carbons (Fsp3) is 0.560. The second-order valence-electron chi connectivity index (χ2n) is 8.51. The molecule has 3 nitrogen and oxygen atoms in total. The highest BCUT2D eigenvalue weighted by Gasteiger charge is 2.44. The monoisotopic (exact) mass is 378 g/mol. The van der Waals surface area contributed by atoms with Crippen molar-refractivity contribution in [2.75, 3.05) is 37.6 Å². The number of hydrogen-bond acceptors (Lipinski definition) is 3. The maximum atomic E-state index is 13.3. The number of anilines is 1. The zero-order valence-electron chi connectivity index (χ0n) is 17.8. The lowest BCUT2D eigenvalue weighted by molar-refractivity contribution is 0.0886.